The van der Waals surface area contributed by atoms with Crippen molar-refractivity contribution in [2.45, 2.75) is 19.8 Å². The first-order valence-electron chi connectivity index (χ1n) is 4.72. The predicted octanol–water partition coefficient (Wildman–Crippen LogP) is 2.02. The molecular weight excluding hydrogens is 194 g/mol. The fourth-order valence-electron chi connectivity index (χ4n) is 1.54. The van der Waals surface area contributed by atoms with Crippen molar-refractivity contribution < 1.29 is 9.52 Å². The molecule has 0 aliphatic carbocycles. The van der Waals surface area contributed by atoms with Crippen LogP contribution >= 0.6 is 0 Å². The zero-order valence-electron chi connectivity index (χ0n) is 8.52. The second kappa shape index (κ2) is 3.38. The van der Waals surface area contributed by atoms with E-state index >= 15 is 0 Å². The van der Waals surface area contributed by atoms with Crippen LogP contribution in [0.25, 0.3) is 11.1 Å². The van der Waals surface area contributed by atoms with E-state index in [1.54, 1.807) is 18.3 Å². The molecule has 0 bridgehead atoms. The highest BCUT2D eigenvalue weighted by molar-refractivity contribution is 5.79. The molecule has 0 aliphatic rings. The number of aromatic hydroxyl groups is 1. The van der Waals surface area contributed by atoms with E-state index < -0.39 is 5.63 Å². The van der Waals surface area contributed by atoms with Crippen LogP contribution < -0.4 is 5.63 Å². The van der Waals surface area contributed by atoms with E-state index in [0.29, 0.717) is 11.1 Å². The molecule has 0 fully saturated rings. The maximum absolute atomic E-state index is 11.5. The smallest absolute Gasteiger partial charge is 0.343 e. The largest absolute Gasteiger partial charge is 0.505 e. The van der Waals surface area contributed by atoms with Gasteiger partial charge in [0.15, 0.2) is 11.3 Å². The number of nitrogens with zero attached hydrogens (tertiary/aromatic N) is 1. The number of hydrogen-bond acceptors (Lipinski definition) is 4. The molecule has 78 valence electrons. The Kier molecular flexibility index (Phi) is 2.19. The molecule has 4 heteroatoms. The van der Waals surface area contributed by atoms with Crippen molar-refractivity contribution >= 4 is 11.1 Å². The van der Waals surface area contributed by atoms with Crippen LogP contribution in [0, 0.1) is 0 Å². The van der Waals surface area contributed by atoms with Crippen molar-refractivity contribution in [3.63, 3.8) is 0 Å². The van der Waals surface area contributed by atoms with Gasteiger partial charge in [0.2, 0.25) is 0 Å². The first-order chi connectivity index (χ1) is 7.11. The van der Waals surface area contributed by atoms with Gasteiger partial charge in [-0.25, -0.2) is 9.78 Å². The molecule has 2 heterocycles. The molecule has 0 saturated carbocycles. The van der Waals surface area contributed by atoms with Crippen molar-refractivity contribution in [2.24, 2.45) is 0 Å². The monoisotopic (exact) mass is 205 g/mol. The van der Waals surface area contributed by atoms with Gasteiger partial charge in [-0.15, -0.1) is 0 Å². The average molecular weight is 205 g/mol. The summed E-state index contributed by atoms with van der Waals surface area (Å²) in [5.41, 5.74) is 0.425. The van der Waals surface area contributed by atoms with Crippen molar-refractivity contribution in [1.29, 1.82) is 0 Å². The number of hydrogen-bond donors (Lipinski definition) is 1. The van der Waals surface area contributed by atoms with Gasteiger partial charge in [0, 0.05) is 6.20 Å². The van der Waals surface area contributed by atoms with Crippen LogP contribution in [0.2, 0.25) is 0 Å². The second-order valence-corrected chi connectivity index (χ2v) is 3.66. The van der Waals surface area contributed by atoms with Crippen LogP contribution in [-0.2, 0) is 0 Å². The van der Waals surface area contributed by atoms with E-state index in [2.05, 4.69) is 4.98 Å². The van der Waals surface area contributed by atoms with Crippen LogP contribution in [0.15, 0.2) is 27.5 Å². The van der Waals surface area contributed by atoms with E-state index in [0.717, 1.165) is 0 Å². The predicted molar refractivity (Wildman–Crippen MR) is 56.0 cm³/mol. The Hall–Kier alpha value is -1.84. The fraction of sp³-hybridized carbons (Fsp3) is 0.273. The lowest BCUT2D eigenvalue weighted by Gasteiger charge is -2.07. The van der Waals surface area contributed by atoms with E-state index in [9.17, 15) is 9.90 Å². The Balaban J connectivity index is 2.90. The van der Waals surface area contributed by atoms with Crippen molar-refractivity contribution in [2.75, 3.05) is 0 Å². The topological polar surface area (TPSA) is 63.3 Å². The summed E-state index contributed by atoms with van der Waals surface area (Å²) in [5, 5.41) is 9.88. The first kappa shape index (κ1) is 9.71. The Labute approximate surface area is 86.2 Å². The minimum absolute atomic E-state index is 0.0724. The van der Waals surface area contributed by atoms with Crippen LogP contribution in [0.1, 0.15) is 25.3 Å². The Morgan fingerprint density at radius 1 is 1.47 bits per heavy atom. The summed E-state index contributed by atoms with van der Waals surface area (Å²) in [7, 11) is 0. The van der Waals surface area contributed by atoms with Gasteiger partial charge in [0.05, 0.1) is 5.56 Å². The molecule has 4 nitrogen and oxygen atoms in total. The summed E-state index contributed by atoms with van der Waals surface area (Å²) >= 11 is 0. The van der Waals surface area contributed by atoms with Gasteiger partial charge in [-0.05, 0) is 18.1 Å². The molecule has 0 aliphatic heterocycles. The molecular formula is C11H11NO3. The molecule has 0 unspecified atom stereocenters. The molecule has 0 aromatic carbocycles. The lowest BCUT2D eigenvalue weighted by molar-refractivity contribution is 0.450. The van der Waals surface area contributed by atoms with Crippen LogP contribution in [0.4, 0.5) is 0 Å². The number of aromatic nitrogens is 1. The maximum atomic E-state index is 11.5. The minimum Gasteiger partial charge on any atom is -0.505 e. The van der Waals surface area contributed by atoms with Crippen LogP contribution in [0.3, 0.4) is 0 Å². The Bertz CT molecular complexity index is 557. The quantitative estimate of drug-likeness (QED) is 0.773. The number of fused-ring (bicyclic) bond motifs is 1. The normalized spacial score (nSPS) is 11.1. The maximum Gasteiger partial charge on any atom is 0.343 e. The molecule has 2 aromatic heterocycles. The molecule has 0 saturated heterocycles. The van der Waals surface area contributed by atoms with Gasteiger partial charge in [-0.2, -0.15) is 0 Å². The molecule has 0 radical (unpaired) electrons. The molecule has 1 N–H and O–H groups in total. The third-order valence-electron chi connectivity index (χ3n) is 2.25. The fourth-order valence-corrected chi connectivity index (χ4v) is 1.54. The van der Waals surface area contributed by atoms with Crippen molar-refractivity contribution in [3.8, 4) is 5.75 Å². The Morgan fingerprint density at radius 2 is 2.20 bits per heavy atom. The molecule has 0 amide bonds. The first-order valence-corrected chi connectivity index (χ1v) is 4.72. The van der Waals surface area contributed by atoms with Crippen molar-refractivity contribution in [3.05, 3.63) is 34.3 Å². The second-order valence-electron chi connectivity index (χ2n) is 3.66. The summed E-state index contributed by atoms with van der Waals surface area (Å²) in [5.74, 6) is -0.162. The lowest BCUT2D eigenvalue weighted by atomic mass is 10.0. The van der Waals surface area contributed by atoms with E-state index in [-0.39, 0.29) is 17.2 Å². The van der Waals surface area contributed by atoms with Gasteiger partial charge in [0.25, 0.3) is 0 Å². The SMILES string of the molecule is CC(C)c1c(O)c2ncccc2oc1=O. The summed E-state index contributed by atoms with van der Waals surface area (Å²) in [6, 6.07) is 3.26. The summed E-state index contributed by atoms with van der Waals surface area (Å²) in [6.07, 6.45) is 1.55. The summed E-state index contributed by atoms with van der Waals surface area (Å²) < 4.78 is 5.06. The number of pyridine rings is 1. The highest BCUT2D eigenvalue weighted by Crippen LogP contribution is 2.28. The van der Waals surface area contributed by atoms with E-state index in [1.165, 1.54) is 0 Å². The van der Waals surface area contributed by atoms with Crippen LogP contribution in [-0.4, -0.2) is 10.1 Å². The van der Waals surface area contributed by atoms with Gasteiger partial charge < -0.3 is 9.52 Å². The lowest BCUT2D eigenvalue weighted by Crippen LogP contribution is -2.09. The highest BCUT2D eigenvalue weighted by atomic mass is 16.4. The number of rotatable bonds is 1. The Morgan fingerprint density at radius 3 is 2.87 bits per heavy atom. The molecule has 2 rings (SSSR count). The van der Waals surface area contributed by atoms with Gasteiger partial charge in [-0.1, -0.05) is 13.8 Å². The van der Waals surface area contributed by atoms with Gasteiger partial charge in [0.1, 0.15) is 5.52 Å². The van der Waals surface area contributed by atoms with E-state index in [4.69, 9.17) is 4.42 Å². The third-order valence-corrected chi connectivity index (χ3v) is 2.25. The van der Waals surface area contributed by atoms with Gasteiger partial charge >= 0.3 is 5.63 Å². The molecule has 15 heavy (non-hydrogen) atoms. The van der Waals surface area contributed by atoms with Crippen molar-refractivity contribution in [1.82, 2.24) is 4.98 Å². The zero-order valence-corrected chi connectivity index (χ0v) is 8.52. The van der Waals surface area contributed by atoms with E-state index in [1.807, 2.05) is 13.8 Å². The van der Waals surface area contributed by atoms with Gasteiger partial charge in [-0.3, -0.25) is 0 Å². The standard InChI is InChI=1S/C11H11NO3/c1-6(2)8-10(13)9-7(15-11(8)14)4-3-5-12-9/h3-6,13H,1-2H3. The molecule has 2 aromatic rings. The summed E-state index contributed by atoms with van der Waals surface area (Å²) in [4.78, 5) is 15.5. The third kappa shape index (κ3) is 1.48. The molecule has 0 atom stereocenters. The summed E-state index contributed by atoms with van der Waals surface area (Å²) in [6.45, 7) is 3.64. The zero-order chi connectivity index (χ0) is 11.0. The molecule has 0 spiro atoms. The minimum atomic E-state index is -0.497. The van der Waals surface area contributed by atoms with Crippen LogP contribution in [0.5, 0.6) is 5.75 Å². The average Bonchev–Trinajstić information content (AvgIpc) is 2.17. The highest BCUT2D eigenvalue weighted by Gasteiger charge is 2.16.